The molecule has 0 saturated heterocycles. The van der Waals surface area contributed by atoms with Crippen molar-refractivity contribution in [3.05, 3.63) is 65.8 Å². The predicted molar refractivity (Wildman–Crippen MR) is 102 cm³/mol. The molecule has 2 heterocycles. The van der Waals surface area contributed by atoms with Gasteiger partial charge in [-0.25, -0.2) is 0 Å². The maximum Gasteiger partial charge on any atom is 0.247 e. The number of aromatic nitrogens is 5. The molecule has 0 bridgehead atoms. The maximum atomic E-state index is 6.06. The standard InChI is InChI=1S/C18H14ClN5O2S/c1-25-15-7-5-12(6-8-15)17-22-21-16(26-17)10-27-18-23-20-11-24(18)14-4-2-3-13(19)9-14/h2-9,11H,10H2,1H3. The second kappa shape index (κ2) is 7.81. The van der Waals surface area contributed by atoms with Gasteiger partial charge >= 0.3 is 0 Å². The zero-order valence-electron chi connectivity index (χ0n) is 14.2. The van der Waals surface area contributed by atoms with Crippen LogP contribution in [0.1, 0.15) is 5.89 Å². The highest BCUT2D eigenvalue weighted by atomic mass is 35.5. The summed E-state index contributed by atoms with van der Waals surface area (Å²) in [5.74, 6) is 2.22. The van der Waals surface area contributed by atoms with Gasteiger partial charge < -0.3 is 9.15 Å². The maximum absolute atomic E-state index is 6.06. The van der Waals surface area contributed by atoms with Crippen LogP contribution in [-0.4, -0.2) is 32.1 Å². The van der Waals surface area contributed by atoms with Crippen LogP contribution in [0.2, 0.25) is 5.02 Å². The summed E-state index contributed by atoms with van der Waals surface area (Å²) >= 11 is 7.52. The first-order chi connectivity index (χ1) is 13.2. The average Bonchev–Trinajstić information content (AvgIpc) is 3.36. The number of hydrogen-bond donors (Lipinski definition) is 0. The Labute approximate surface area is 164 Å². The largest absolute Gasteiger partial charge is 0.497 e. The molecule has 0 amide bonds. The molecule has 0 atom stereocenters. The van der Waals surface area contributed by atoms with Gasteiger partial charge in [0, 0.05) is 10.6 Å². The summed E-state index contributed by atoms with van der Waals surface area (Å²) in [5.41, 5.74) is 1.72. The van der Waals surface area contributed by atoms with E-state index in [9.17, 15) is 0 Å². The zero-order chi connectivity index (χ0) is 18.6. The molecule has 2 aromatic heterocycles. The Balaban J connectivity index is 1.47. The van der Waals surface area contributed by atoms with Crippen molar-refractivity contribution < 1.29 is 9.15 Å². The quantitative estimate of drug-likeness (QED) is 0.448. The number of halogens is 1. The molecule has 7 nitrogen and oxygen atoms in total. The van der Waals surface area contributed by atoms with Crippen LogP contribution in [-0.2, 0) is 5.75 Å². The molecule has 0 N–H and O–H groups in total. The van der Waals surface area contributed by atoms with E-state index >= 15 is 0 Å². The number of benzene rings is 2. The first-order valence-electron chi connectivity index (χ1n) is 7.98. The Morgan fingerprint density at radius 2 is 1.96 bits per heavy atom. The number of ether oxygens (including phenoxy) is 1. The van der Waals surface area contributed by atoms with E-state index in [1.807, 2.05) is 53.1 Å². The van der Waals surface area contributed by atoms with Crippen molar-refractivity contribution in [1.29, 1.82) is 0 Å². The fourth-order valence-electron chi connectivity index (χ4n) is 2.41. The van der Waals surface area contributed by atoms with Crippen molar-refractivity contribution in [2.45, 2.75) is 10.9 Å². The lowest BCUT2D eigenvalue weighted by Crippen LogP contribution is -1.95. The summed E-state index contributed by atoms with van der Waals surface area (Å²) in [4.78, 5) is 0. The lowest BCUT2D eigenvalue weighted by Gasteiger charge is -2.05. The zero-order valence-corrected chi connectivity index (χ0v) is 15.8. The minimum atomic E-state index is 0.463. The Kier molecular flexibility index (Phi) is 5.08. The highest BCUT2D eigenvalue weighted by molar-refractivity contribution is 7.98. The Morgan fingerprint density at radius 1 is 1.11 bits per heavy atom. The average molecular weight is 400 g/mol. The SMILES string of the molecule is COc1ccc(-c2nnc(CSc3nncn3-c3cccc(Cl)c3)o2)cc1. The topological polar surface area (TPSA) is 78.9 Å². The van der Waals surface area contributed by atoms with Crippen LogP contribution in [0, 0.1) is 0 Å². The normalized spacial score (nSPS) is 10.9. The van der Waals surface area contributed by atoms with Gasteiger partial charge in [0.15, 0.2) is 5.16 Å². The van der Waals surface area contributed by atoms with Crippen LogP contribution in [0.15, 0.2) is 64.4 Å². The van der Waals surface area contributed by atoms with Gasteiger partial charge in [0.1, 0.15) is 12.1 Å². The van der Waals surface area contributed by atoms with E-state index < -0.39 is 0 Å². The molecule has 0 fully saturated rings. The molecule has 9 heteroatoms. The first kappa shape index (κ1) is 17.6. The van der Waals surface area contributed by atoms with Crippen molar-refractivity contribution in [2.24, 2.45) is 0 Å². The number of rotatable bonds is 6. The van der Waals surface area contributed by atoms with Crippen LogP contribution in [0.4, 0.5) is 0 Å². The molecule has 0 saturated carbocycles. The summed E-state index contributed by atoms with van der Waals surface area (Å²) in [6.45, 7) is 0. The summed E-state index contributed by atoms with van der Waals surface area (Å²) < 4.78 is 12.8. The number of nitrogens with zero attached hydrogens (tertiary/aromatic N) is 5. The molecule has 0 aliphatic heterocycles. The number of hydrogen-bond acceptors (Lipinski definition) is 7. The second-order valence-corrected chi connectivity index (χ2v) is 6.86. The molecule has 136 valence electrons. The summed E-state index contributed by atoms with van der Waals surface area (Å²) in [7, 11) is 1.62. The molecule has 4 aromatic rings. The monoisotopic (exact) mass is 399 g/mol. The van der Waals surface area contributed by atoms with Crippen molar-refractivity contribution in [2.75, 3.05) is 7.11 Å². The van der Waals surface area contributed by atoms with E-state index in [1.54, 1.807) is 13.4 Å². The van der Waals surface area contributed by atoms with Crippen LogP contribution in [0.5, 0.6) is 5.75 Å². The fourth-order valence-corrected chi connectivity index (χ4v) is 3.36. The van der Waals surface area contributed by atoms with E-state index in [1.165, 1.54) is 11.8 Å². The van der Waals surface area contributed by atoms with Crippen molar-refractivity contribution >= 4 is 23.4 Å². The van der Waals surface area contributed by atoms with E-state index in [4.69, 9.17) is 20.8 Å². The van der Waals surface area contributed by atoms with Crippen LogP contribution in [0.3, 0.4) is 0 Å². The Morgan fingerprint density at radius 3 is 2.74 bits per heavy atom. The van der Waals surface area contributed by atoms with Gasteiger partial charge in [-0.15, -0.1) is 20.4 Å². The second-order valence-electron chi connectivity index (χ2n) is 5.48. The number of thioether (sulfide) groups is 1. The van der Waals surface area contributed by atoms with Crippen molar-refractivity contribution in [1.82, 2.24) is 25.0 Å². The van der Waals surface area contributed by atoms with Gasteiger partial charge in [-0.3, -0.25) is 4.57 Å². The van der Waals surface area contributed by atoms with Crippen LogP contribution < -0.4 is 4.74 Å². The molecule has 0 aliphatic carbocycles. The molecule has 0 aliphatic rings. The summed E-state index contributed by atoms with van der Waals surface area (Å²) in [6, 6.07) is 14.9. The van der Waals surface area contributed by atoms with Gasteiger partial charge in [0.25, 0.3) is 0 Å². The molecule has 0 unspecified atom stereocenters. The van der Waals surface area contributed by atoms with Crippen LogP contribution in [0.25, 0.3) is 17.1 Å². The molecule has 4 rings (SSSR count). The molecule has 0 spiro atoms. The smallest absolute Gasteiger partial charge is 0.247 e. The Bertz CT molecular complexity index is 1050. The molecular weight excluding hydrogens is 386 g/mol. The lowest BCUT2D eigenvalue weighted by molar-refractivity contribution is 0.415. The van der Waals surface area contributed by atoms with Crippen LogP contribution >= 0.6 is 23.4 Å². The minimum Gasteiger partial charge on any atom is -0.497 e. The highest BCUT2D eigenvalue weighted by Crippen LogP contribution is 2.26. The Hall–Kier alpha value is -2.84. The molecule has 2 aromatic carbocycles. The van der Waals surface area contributed by atoms with E-state index in [0.29, 0.717) is 27.7 Å². The lowest BCUT2D eigenvalue weighted by atomic mass is 10.2. The predicted octanol–water partition coefficient (Wildman–Crippen LogP) is 4.27. The van der Waals surface area contributed by atoms with Gasteiger partial charge in [-0.2, -0.15) is 0 Å². The third-order valence-electron chi connectivity index (χ3n) is 3.73. The van der Waals surface area contributed by atoms with Crippen molar-refractivity contribution in [3.8, 4) is 22.9 Å². The van der Waals surface area contributed by atoms with Gasteiger partial charge in [-0.1, -0.05) is 29.4 Å². The third-order valence-corrected chi connectivity index (χ3v) is 4.89. The van der Waals surface area contributed by atoms with E-state index in [2.05, 4.69) is 20.4 Å². The fraction of sp³-hybridized carbons (Fsp3) is 0.111. The van der Waals surface area contributed by atoms with Gasteiger partial charge in [0.2, 0.25) is 11.8 Å². The molecular formula is C18H14ClN5O2S. The van der Waals surface area contributed by atoms with E-state index in [0.717, 1.165) is 17.0 Å². The van der Waals surface area contributed by atoms with E-state index in [-0.39, 0.29) is 0 Å². The third kappa shape index (κ3) is 3.96. The first-order valence-corrected chi connectivity index (χ1v) is 9.35. The summed E-state index contributed by atoms with van der Waals surface area (Å²) in [6.07, 6.45) is 1.64. The molecule has 0 radical (unpaired) electrons. The number of methoxy groups -OCH3 is 1. The van der Waals surface area contributed by atoms with Gasteiger partial charge in [-0.05, 0) is 42.5 Å². The minimum absolute atomic E-state index is 0.463. The molecule has 27 heavy (non-hydrogen) atoms. The summed E-state index contributed by atoms with van der Waals surface area (Å²) in [5, 5.41) is 17.7. The van der Waals surface area contributed by atoms with Gasteiger partial charge in [0.05, 0.1) is 18.6 Å². The highest BCUT2D eigenvalue weighted by Gasteiger charge is 2.12. The van der Waals surface area contributed by atoms with Crippen molar-refractivity contribution in [3.63, 3.8) is 0 Å².